The molecule has 0 fully saturated rings. The second-order valence-electron chi connectivity index (χ2n) is 5.41. The Morgan fingerprint density at radius 1 is 1.52 bits per heavy atom. The summed E-state index contributed by atoms with van der Waals surface area (Å²) >= 11 is 10.8. The fourth-order valence-corrected chi connectivity index (χ4v) is 2.63. The van der Waals surface area contributed by atoms with Gasteiger partial charge in [-0.25, -0.2) is 9.07 Å². The highest BCUT2D eigenvalue weighted by Crippen LogP contribution is 2.25. The molecule has 8 heteroatoms. The SMILES string of the molecule is C=Cc1c(/C(=C\Cl)NC(=S)C(N)=O)cnn1/C(C)=C(C)/C(/C=C\CF)=C/C. The minimum Gasteiger partial charge on any atom is -0.364 e. The molecule has 5 nitrogen and oxygen atoms in total. The van der Waals surface area contributed by atoms with Crippen molar-refractivity contribution >= 4 is 52.2 Å². The molecule has 1 rings (SSSR count). The minimum absolute atomic E-state index is 0.166. The number of rotatable bonds is 7. The molecule has 0 spiro atoms. The smallest absolute Gasteiger partial charge is 0.276 e. The molecule has 1 amide bonds. The summed E-state index contributed by atoms with van der Waals surface area (Å²) in [6.45, 7) is 8.97. The number of nitrogens with zero attached hydrogens (tertiary/aromatic N) is 2. The van der Waals surface area contributed by atoms with Crippen molar-refractivity contribution in [3.63, 3.8) is 0 Å². The molecule has 0 aliphatic heterocycles. The van der Waals surface area contributed by atoms with E-state index in [1.54, 1.807) is 23.0 Å². The van der Waals surface area contributed by atoms with E-state index in [2.05, 4.69) is 17.0 Å². The zero-order valence-corrected chi connectivity index (χ0v) is 17.0. The molecule has 0 radical (unpaired) electrons. The first-order valence-corrected chi connectivity index (χ1v) is 8.85. The molecule has 144 valence electrons. The first-order chi connectivity index (χ1) is 12.8. The van der Waals surface area contributed by atoms with Crippen molar-refractivity contribution in [3.05, 3.63) is 58.9 Å². The number of hydrogen-bond acceptors (Lipinski definition) is 3. The molecule has 27 heavy (non-hydrogen) atoms. The van der Waals surface area contributed by atoms with Crippen LogP contribution in [0.15, 0.2) is 47.7 Å². The number of primary amides is 1. The molecular formula is C19H22ClFN4OS. The molecule has 0 bridgehead atoms. The zero-order valence-electron chi connectivity index (χ0n) is 15.4. The highest BCUT2D eigenvalue weighted by molar-refractivity contribution is 7.82. The minimum atomic E-state index is -0.766. The number of amides is 1. The third kappa shape index (κ3) is 5.48. The molecule has 0 aliphatic rings. The summed E-state index contributed by atoms with van der Waals surface area (Å²) in [4.78, 5) is 11.0. The van der Waals surface area contributed by atoms with Crippen LogP contribution < -0.4 is 11.1 Å². The molecule has 1 aromatic heterocycles. The van der Waals surface area contributed by atoms with Gasteiger partial charge in [-0.3, -0.25) is 4.79 Å². The van der Waals surface area contributed by atoms with Gasteiger partial charge in [0.05, 0.1) is 17.6 Å². The van der Waals surface area contributed by atoms with Gasteiger partial charge in [0.1, 0.15) is 6.67 Å². The third-order valence-electron chi connectivity index (χ3n) is 3.86. The summed E-state index contributed by atoms with van der Waals surface area (Å²) in [5.41, 5.74) is 10.6. The summed E-state index contributed by atoms with van der Waals surface area (Å²) < 4.78 is 14.1. The van der Waals surface area contributed by atoms with E-state index >= 15 is 0 Å². The molecule has 1 heterocycles. The van der Waals surface area contributed by atoms with Crippen molar-refractivity contribution in [2.24, 2.45) is 5.73 Å². The summed E-state index contributed by atoms with van der Waals surface area (Å²) in [5, 5.41) is 7.09. The monoisotopic (exact) mass is 408 g/mol. The number of alkyl halides is 1. The van der Waals surface area contributed by atoms with Gasteiger partial charge < -0.3 is 11.1 Å². The van der Waals surface area contributed by atoms with Crippen molar-refractivity contribution in [2.75, 3.05) is 6.67 Å². The highest BCUT2D eigenvalue weighted by Gasteiger charge is 2.17. The van der Waals surface area contributed by atoms with Crippen LogP contribution in [0.3, 0.4) is 0 Å². The van der Waals surface area contributed by atoms with Crippen molar-refractivity contribution < 1.29 is 9.18 Å². The summed E-state index contributed by atoms with van der Waals surface area (Å²) in [7, 11) is 0. The molecule has 0 aromatic carbocycles. The predicted molar refractivity (Wildman–Crippen MR) is 115 cm³/mol. The molecule has 0 saturated heterocycles. The van der Waals surface area contributed by atoms with E-state index in [0.717, 1.165) is 16.8 Å². The van der Waals surface area contributed by atoms with Gasteiger partial charge in [0, 0.05) is 16.8 Å². The molecule has 0 saturated carbocycles. The first-order valence-electron chi connectivity index (χ1n) is 8.01. The lowest BCUT2D eigenvalue weighted by molar-refractivity contribution is -0.111. The maximum Gasteiger partial charge on any atom is 0.276 e. The van der Waals surface area contributed by atoms with Gasteiger partial charge in [0.25, 0.3) is 5.91 Å². The number of aromatic nitrogens is 2. The van der Waals surface area contributed by atoms with Crippen LogP contribution in [0.4, 0.5) is 4.39 Å². The van der Waals surface area contributed by atoms with E-state index < -0.39 is 12.6 Å². The van der Waals surface area contributed by atoms with Crippen LogP contribution >= 0.6 is 23.8 Å². The number of nitrogens with one attached hydrogen (secondary N) is 1. The maximum atomic E-state index is 12.5. The maximum absolute atomic E-state index is 12.5. The summed E-state index contributed by atoms with van der Waals surface area (Å²) in [6.07, 6.45) is 8.23. The van der Waals surface area contributed by atoms with Crippen LogP contribution in [0, 0.1) is 0 Å². The Labute approximate surface area is 168 Å². The van der Waals surface area contributed by atoms with Crippen LogP contribution in [0.2, 0.25) is 0 Å². The van der Waals surface area contributed by atoms with Gasteiger partial charge in [0.15, 0.2) is 4.99 Å². The van der Waals surface area contributed by atoms with Gasteiger partial charge in [-0.15, -0.1) is 0 Å². The van der Waals surface area contributed by atoms with E-state index in [0.29, 0.717) is 17.0 Å². The van der Waals surface area contributed by atoms with Crippen molar-refractivity contribution in [3.8, 4) is 0 Å². The quantitative estimate of drug-likeness (QED) is 0.524. The lowest BCUT2D eigenvalue weighted by Crippen LogP contribution is -2.33. The van der Waals surface area contributed by atoms with Gasteiger partial charge >= 0.3 is 0 Å². The van der Waals surface area contributed by atoms with Gasteiger partial charge in [0.2, 0.25) is 0 Å². The Hall–Kier alpha value is -2.51. The Morgan fingerprint density at radius 2 is 2.19 bits per heavy atom. The standard InChI is InChI=1S/C19H22ClFN4OS/c1-5-14(8-7-9-21)12(3)13(4)25-17(6-2)15(11-23-25)16(10-20)24-19(27)18(22)26/h5-8,10-11H,2,9H2,1,3-4H3,(H2,22,26)(H,24,27)/b8-7-,13-12+,14-5+,16-10+. The molecule has 0 aliphatic carbocycles. The predicted octanol–water partition coefficient (Wildman–Crippen LogP) is 4.19. The second-order valence-corrected chi connectivity index (χ2v) is 6.04. The molecule has 0 unspecified atom stereocenters. The van der Waals surface area contributed by atoms with Crippen LogP contribution in [0.5, 0.6) is 0 Å². The van der Waals surface area contributed by atoms with Crippen LogP contribution in [-0.4, -0.2) is 27.4 Å². The average molecular weight is 409 g/mol. The number of thiocarbonyl (C=S) groups is 1. The molecule has 0 atom stereocenters. The van der Waals surface area contributed by atoms with Crippen molar-refractivity contribution in [1.82, 2.24) is 15.1 Å². The average Bonchev–Trinajstić information content (AvgIpc) is 3.09. The number of nitrogens with two attached hydrogens (primary N) is 1. The summed E-state index contributed by atoms with van der Waals surface area (Å²) in [5.74, 6) is -0.766. The Balaban J connectivity index is 3.43. The third-order valence-corrected chi connectivity index (χ3v) is 4.38. The topological polar surface area (TPSA) is 72.9 Å². The lowest BCUT2D eigenvalue weighted by Gasteiger charge is -2.13. The van der Waals surface area contributed by atoms with Crippen LogP contribution in [-0.2, 0) is 4.79 Å². The molecule has 3 N–H and O–H groups in total. The van der Waals surface area contributed by atoms with E-state index in [9.17, 15) is 9.18 Å². The highest BCUT2D eigenvalue weighted by atomic mass is 35.5. The van der Waals surface area contributed by atoms with E-state index in [1.165, 1.54) is 11.6 Å². The van der Waals surface area contributed by atoms with Gasteiger partial charge in [-0.05, 0) is 38.0 Å². The number of allylic oxidation sites excluding steroid dienone is 6. The van der Waals surface area contributed by atoms with Gasteiger partial charge in [-0.2, -0.15) is 5.10 Å². The largest absolute Gasteiger partial charge is 0.364 e. The van der Waals surface area contributed by atoms with Crippen LogP contribution in [0.1, 0.15) is 32.0 Å². The Bertz CT molecular complexity index is 865. The Morgan fingerprint density at radius 3 is 2.67 bits per heavy atom. The molecule has 1 aromatic rings. The number of carbonyl (C=O) groups excluding carboxylic acids is 1. The van der Waals surface area contributed by atoms with Crippen molar-refractivity contribution in [1.29, 1.82) is 0 Å². The Kier molecular flexibility index (Phi) is 8.84. The van der Waals surface area contributed by atoms with E-state index in [1.807, 2.05) is 26.8 Å². The lowest BCUT2D eigenvalue weighted by atomic mass is 10.0. The fraction of sp³-hybridized carbons (Fsp3) is 0.211. The number of halogens is 2. The second kappa shape index (κ2) is 10.6. The zero-order chi connectivity index (χ0) is 20.6. The van der Waals surface area contributed by atoms with Gasteiger partial charge in [-0.1, -0.05) is 48.6 Å². The normalized spacial score (nSPS) is 13.5. The molecular weight excluding hydrogens is 387 g/mol. The van der Waals surface area contributed by atoms with Crippen molar-refractivity contribution in [2.45, 2.75) is 20.8 Å². The fourth-order valence-electron chi connectivity index (χ4n) is 2.34. The number of carbonyl (C=O) groups is 1. The first kappa shape index (κ1) is 22.5. The summed E-state index contributed by atoms with van der Waals surface area (Å²) in [6, 6.07) is 0. The van der Waals surface area contributed by atoms with E-state index in [4.69, 9.17) is 29.6 Å². The van der Waals surface area contributed by atoms with Crippen LogP contribution in [0.25, 0.3) is 17.5 Å². The number of hydrogen-bond donors (Lipinski definition) is 2. The van der Waals surface area contributed by atoms with E-state index in [-0.39, 0.29) is 4.99 Å².